The molecule has 0 bridgehead atoms. The molecule has 0 amide bonds. The summed E-state index contributed by atoms with van der Waals surface area (Å²) in [7, 11) is 0. The Hall–Kier alpha value is -2.40. The third-order valence-corrected chi connectivity index (χ3v) is 2.49. The van der Waals surface area contributed by atoms with Gasteiger partial charge < -0.3 is 14.2 Å². The van der Waals surface area contributed by atoms with E-state index in [0.29, 0.717) is 31.1 Å². The summed E-state index contributed by atoms with van der Waals surface area (Å²) in [5, 5.41) is 0. The van der Waals surface area contributed by atoms with E-state index in [1.807, 2.05) is 32.0 Å². The van der Waals surface area contributed by atoms with Gasteiger partial charge in [-0.25, -0.2) is 9.59 Å². The van der Waals surface area contributed by atoms with E-state index in [1.165, 1.54) is 0 Å². The van der Waals surface area contributed by atoms with Crippen molar-refractivity contribution in [3.05, 3.63) is 54.6 Å². The third-order valence-electron chi connectivity index (χ3n) is 2.49. The zero-order valence-corrected chi connectivity index (χ0v) is 14.0. The van der Waals surface area contributed by atoms with Crippen molar-refractivity contribution in [2.24, 2.45) is 0 Å². The highest BCUT2D eigenvalue weighted by molar-refractivity contribution is 5.88. The van der Waals surface area contributed by atoms with E-state index in [-0.39, 0.29) is 5.97 Å². The highest BCUT2D eigenvalue weighted by Crippen LogP contribution is 2.16. The molecule has 23 heavy (non-hydrogen) atoms. The van der Waals surface area contributed by atoms with E-state index in [4.69, 9.17) is 9.47 Å². The third kappa shape index (κ3) is 10.0. The topological polar surface area (TPSA) is 61.8 Å². The summed E-state index contributed by atoms with van der Waals surface area (Å²) in [5.74, 6) is -0.190. The molecule has 126 valence electrons. The minimum atomic E-state index is -0.403. The number of para-hydroxylation sites is 1. The van der Waals surface area contributed by atoms with Crippen LogP contribution in [-0.2, 0) is 19.1 Å². The molecule has 0 fully saturated rings. The van der Waals surface area contributed by atoms with Crippen molar-refractivity contribution in [1.29, 1.82) is 0 Å². The second kappa shape index (κ2) is 12.2. The molecule has 0 spiro atoms. The van der Waals surface area contributed by atoms with Crippen molar-refractivity contribution in [1.82, 2.24) is 0 Å². The van der Waals surface area contributed by atoms with Crippen LogP contribution in [0.15, 0.2) is 49.1 Å². The summed E-state index contributed by atoms with van der Waals surface area (Å²) in [6, 6.07) is 7.37. The molecule has 0 saturated carbocycles. The van der Waals surface area contributed by atoms with Crippen molar-refractivity contribution >= 4 is 11.9 Å². The van der Waals surface area contributed by atoms with E-state index in [9.17, 15) is 9.59 Å². The highest BCUT2D eigenvalue weighted by atomic mass is 16.6. The monoisotopic (exact) mass is 320 g/mol. The van der Waals surface area contributed by atoms with Gasteiger partial charge >= 0.3 is 11.9 Å². The number of aryl methyl sites for hydroxylation is 1. The van der Waals surface area contributed by atoms with Gasteiger partial charge in [-0.1, -0.05) is 31.4 Å². The van der Waals surface area contributed by atoms with Crippen LogP contribution in [0.4, 0.5) is 0 Å². The highest BCUT2D eigenvalue weighted by Gasteiger charge is 2.06. The van der Waals surface area contributed by atoms with Crippen LogP contribution in [0.5, 0.6) is 5.75 Å². The number of hydrogen-bond acceptors (Lipinski definition) is 5. The van der Waals surface area contributed by atoms with E-state index >= 15 is 0 Å². The van der Waals surface area contributed by atoms with Gasteiger partial charge in [0.1, 0.15) is 12.4 Å². The van der Waals surface area contributed by atoms with Gasteiger partial charge in [-0.2, -0.15) is 0 Å². The summed E-state index contributed by atoms with van der Waals surface area (Å²) in [4.78, 5) is 21.5. The molecule has 0 aliphatic rings. The van der Waals surface area contributed by atoms with Gasteiger partial charge in [0, 0.05) is 18.3 Å². The van der Waals surface area contributed by atoms with Crippen LogP contribution in [-0.4, -0.2) is 31.8 Å². The Kier molecular flexibility index (Phi) is 10.9. The number of rotatable bonds is 7. The lowest BCUT2D eigenvalue weighted by atomic mass is 10.2. The molecule has 0 N–H and O–H groups in total. The van der Waals surface area contributed by atoms with Gasteiger partial charge in [0.15, 0.2) is 0 Å². The zero-order valence-electron chi connectivity index (χ0n) is 14.0. The molecule has 0 heterocycles. The maximum Gasteiger partial charge on any atom is 0.338 e. The van der Waals surface area contributed by atoms with Crippen LogP contribution in [0.25, 0.3) is 0 Å². The van der Waals surface area contributed by atoms with Crippen molar-refractivity contribution in [2.75, 3.05) is 19.8 Å². The summed E-state index contributed by atoms with van der Waals surface area (Å²) in [5.41, 5.74) is 1.35. The quantitative estimate of drug-likeness (QED) is 0.334. The van der Waals surface area contributed by atoms with Crippen LogP contribution in [0.1, 0.15) is 19.4 Å². The Morgan fingerprint density at radius 2 is 1.87 bits per heavy atom. The number of hydrogen-bond donors (Lipinski definition) is 0. The number of carbonyl (C=O) groups excluding carboxylic acids is 2. The van der Waals surface area contributed by atoms with Crippen LogP contribution in [0.2, 0.25) is 0 Å². The lowest BCUT2D eigenvalue weighted by Crippen LogP contribution is -2.08. The Balaban J connectivity index is 0.000000438. The Morgan fingerprint density at radius 3 is 2.39 bits per heavy atom. The molecule has 0 unspecified atom stereocenters. The fourth-order valence-corrected chi connectivity index (χ4v) is 1.26. The molecule has 0 atom stereocenters. The van der Waals surface area contributed by atoms with Crippen molar-refractivity contribution < 1.29 is 23.8 Å². The maximum absolute atomic E-state index is 11.1. The van der Waals surface area contributed by atoms with Gasteiger partial charge in [-0.3, -0.25) is 0 Å². The molecule has 0 aromatic heterocycles. The molecule has 5 nitrogen and oxygen atoms in total. The average molecular weight is 320 g/mol. The van der Waals surface area contributed by atoms with Gasteiger partial charge in [-0.05, 0) is 32.4 Å². The summed E-state index contributed by atoms with van der Waals surface area (Å²) in [6.07, 6.45) is 1.13. The van der Waals surface area contributed by atoms with E-state index in [0.717, 1.165) is 11.6 Å². The van der Waals surface area contributed by atoms with Crippen LogP contribution >= 0.6 is 0 Å². The number of ether oxygens (including phenoxy) is 3. The predicted molar refractivity (Wildman–Crippen MR) is 89.3 cm³/mol. The van der Waals surface area contributed by atoms with Gasteiger partial charge in [0.2, 0.25) is 0 Å². The molecule has 1 aromatic carbocycles. The minimum Gasteiger partial charge on any atom is -0.460 e. The van der Waals surface area contributed by atoms with Crippen molar-refractivity contribution in [3.8, 4) is 5.75 Å². The Bertz CT molecular complexity index is 534. The molecule has 1 aromatic rings. The molecule has 1 rings (SSSR count). The summed E-state index contributed by atoms with van der Waals surface area (Å²) in [6.45, 7) is 13.6. The smallest absolute Gasteiger partial charge is 0.338 e. The first-order chi connectivity index (χ1) is 10.9. The Morgan fingerprint density at radius 1 is 1.22 bits per heavy atom. The largest absolute Gasteiger partial charge is 0.460 e. The van der Waals surface area contributed by atoms with Crippen LogP contribution in [0.3, 0.4) is 0 Å². The summed E-state index contributed by atoms with van der Waals surface area (Å²) < 4.78 is 14.6. The lowest BCUT2D eigenvalue weighted by Gasteiger charge is -2.05. The lowest BCUT2D eigenvalue weighted by molar-refractivity contribution is -0.139. The van der Waals surface area contributed by atoms with E-state index < -0.39 is 5.97 Å². The van der Waals surface area contributed by atoms with Crippen LogP contribution in [0, 0.1) is 6.92 Å². The molecular weight excluding hydrogens is 296 g/mol. The van der Waals surface area contributed by atoms with E-state index in [1.54, 1.807) is 13.0 Å². The van der Waals surface area contributed by atoms with E-state index in [2.05, 4.69) is 17.9 Å². The molecular formula is C18H24O5. The summed E-state index contributed by atoms with van der Waals surface area (Å²) >= 11 is 0. The second-order valence-corrected chi connectivity index (χ2v) is 4.50. The fraction of sp³-hybridized carbons (Fsp3) is 0.333. The zero-order chi connectivity index (χ0) is 17.7. The first-order valence-electron chi connectivity index (χ1n) is 7.22. The standard InChI is InChI=1S/C11H12O2.C7H12O3/c1-8(2)11(12)13-10-7-5-4-6-9(10)3;1-3-7(8)10-6-5-9-4-2/h4-7H,1H2,2-3H3;3H,1,4-6H2,2H3. The number of benzene rings is 1. The van der Waals surface area contributed by atoms with Gasteiger partial charge in [0.25, 0.3) is 0 Å². The first kappa shape index (κ1) is 20.6. The number of carbonyl (C=O) groups is 2. The van der Waals surface area contributed by atoms with Gasteiger partial charge in [0.05, 0.1) is 6.61 Å². The van der Waals surface area contributed by atoms with Crippen LogP contribution < -0.4 is 4.74 Å². The molecule has 0 aliphatic heterocycles. The molecule has 5 heteroatoms. The second-order valence-electron chi connectivity index (χ2n) is 4.50. The molecule has 0 radical (unpaired) electrons. The van der Waals surface area contributed by atoms with Crippen molar-refractivity contribution in [3.63, 3.8) is 0 Å². The molecule has 0 saturated heterocycles. The minimum absolute atomic E-state index is 0.304. The van der Waals surface area contributed by atoms with Crippen molar-refractivity contribution in [2.45, 2.75) is 20.8 Å². The SMILES string of the molecule is C=C(C)C(=O)Oc1ccccc1C.C=CC(=O)OCCOCC. The Labute approximate surface area is 137 Å². The molecule has 0 aliphatic carbocycles. The first-order valence-corrected chi connectivity index (χ1v) is 7.22. The average Bonchev–Trinajstić information content (AvgIpc) is 2.54. The van der Waals surface area contributed by atoms with Gasteiger partial charge in [-0.15, -0.1) is 0 Å². The number of esters is 2. The normalized spacial score (nSPS) is 9.17. The maximum atomic E-state index is 11.1. The predicted octanol–water partition coefficient (Wildman–Crippen LogP) is 3.23. The fourth-order valence-electron chi connectivity index (χ4n) is 1.26.